The molecule has 0 saturated carbocycles. The molecule has 1 aliphatic rings. The van der Waals surface area contributed by atoms with Gasteiger partial charge in [0.15, 0.2) is 0 Å². The predicted molar refractivity (Wildman–Crippen MR) is 239 cm³/mol. The summed E-state index contributed by atoms with van der Waals surface area (Å²) >= 11 is 1.05. The Morgan fingerprint density at radius 2 is 1.44 bits per heavy atom. The molecule has 3 atom stereocenters. The number of ether oxygens (including phenoxy) is 2. The van der Waals surface area contributed by atoms with Crippen molar-refractivity contribution in [2.75, 3.05) is 52.8 Å². The lowest BCUT2D eigenvalue weighted by Crippen LogP contribution is -2.46. The number of hydrogen-bond donors (Lipinski definition) is 3. The van der Waals surface area contributed by atoms with Crippen molar-refractivity contribution in [2.24, 2.45) is 5.41 Å². The highest BCUT2D eigenvalue weighted by Gasteiger charge is 2.48. The molecule has 0 aromatic heterocycles. The first kappa shape index (κ1) is 49.8. The zero-order valence-corrected chi connectivity index (χ0v) is 38.9. The van der Waals surface area contributed by atoms with E-state index in [1.165, 1.54) is 0 Å². The zero-order chi connectivity index (χ0) is 44.2. The fourth-order valence-corrected chi connectivity index (χ4v) is 9.25. The molecule has 12 heteroatoms. The van der Waals surface area contributed by atoms with E-state index in [2.05, 4.69) is 62.6 Å². The van der Waals surface area contributed by atoms with Crippen molar-refractivity contribution in [2.45, 2.75) is 142 Å². The lowest BCUT2D eigenvalue weighted by atomic mass is 9.60. The van der Waals surface area contributed by atoms with Gasteiger partial charge >= 0.3 is 12.1 Å². The van der Waals surface area contributed by atoms with Crippen molar-refractivity contribution >= 4 is 35.0 Å². The summed E-state index contributed by atoms with van der Waals surface area (Å²) in [7, 11) is 3.90. The molecule has 2 aromatic rings. The zero-order valence-electron chi connectivity index (χ0n) is 38.1. The molecule has 1 saturated heterocycles. The molecule has 59 heavy (non-hydrogen) atoms. The van der Waals surface area contributed by atoms with Crippen LogP contribution < -0.4 is 10.6 Å². The van der Waals surface area contributed by atoms with Crippen LogP contribution in [-0.4, -0.2) is 96.9 Å². The Morgan fingerprint density at radius 1 is 0.847 bits per heavy atom. The highest BCUT2D eigenvalue weighted by molar-refractivity contribution is 8.13. The molecule has 0 spiro atoms. The molecule has 2 aromatic carbocycles. The Labute approximate surface area is 359 Å². The number of esters is 1. The number of carbonyl (C=O) groups is 4. The van der Waals surface area contributed by atoms with E-state index in [9.17, 15) is 24.3 Å². The third-order valence-electron chi connectivity index (χ3n) is 11.8. The molecule has 3 unspecified atom stereocenters. The molecule has 3 rings (SSSR count). The van der Waals surface area contributed by atoms with Crippen molar-refractivity contribution in [3.8, 4) is 0 Å². The summed E-state index contributed by atoms with van der Waals surface area (Å²) in [5, 5.41) is 15.3. The summed E-state index contributed by atoms with van der Waals surface area (Å²) in [4.78, 5) is 57.3. The minimum absolute atomic E-state index is 0.0916. The number of likely N-dealkylation sites (N-methyl/N-ethyl adjacent to an activating group) is 1. The number of carbonyl (C=O) groups excluding carboxylic acids is 4. The van der Waals surface area contributed by atoms with Crippen molar-refractivity contribution in [3.05, 3.63) is 70.8 Å². The predicted octanol–water partition coefficient (Wildman–Crippen LogP) is 8.65. The summed E-state index contributed by atoms with van der Waals surface area (Å²) in [6, 6.07) is 16.5. The number of aliphatic hydroxyl groups is 1. The molecule has 1 aliphatic heterocycles. The molecule has 1 fully saturated rings. The SMILES string of the molecule is CCCOC(=O)NC(C)(C)c1cccc(C(C)(C)CC(C)(CC(C)(CC(CC)N2CCCC2=O)C(=O)OCCN(C)C)c2cccc(C(C)(C)NC(=O)SCCO)c2)c1. The maximum atomic E-state index is 14.6. The van der Waals surface area contributed by atoms with Gasteiger partial charge in [-0.05, 0) is 120 Å². The Balaban J connectivity index is 2.19. The van der Waals surface area contributed by atoms with Gasteiger partial charge in [0.1, 0.15) is 6.61 Å². The number of alkyl carbamates (subject to hydrolysis) is 1. The Morgan fingerprint density at radius 3 is 2.00 bits per heavy atom. The van der Waals surface area contributed by atoms with Gasteiger partial charge < -0.3 is 35.0 Å². The molecule has 3 amide bonds. The number of hydrogen-bond acceptors (Lipinski definition) is 9. The van der Waals surface area contributed by atoms with Crippen LogP contribution in [-0.2, 0) is 41.0 Å². The molecular formula is C47H74N4O7S. The van der Waals surface area contributed by atoms with E-state index < -0.39 is 33.4 Å². The number of likely N-dealkylation sites (tertiary alicyclic amines) is 1. The number of benzene rings is 2. The van der Waals surface area contributed by atoms with Crippen molar-refractivity contribution in [3.63, 3.8) is 0 Å². The van der Waals surface area contributed by atoms with E-state index in [0.29, 0.717) is 51.1 Å². The number of nitrogens with zero attached hydrogens (tertiary/aromatic N) is 2. The van der Waals surface area contributed by atoms with Gasteiger partial charge in [0.25, 0.3) is 5.24 Å². The summed E-state index contributed by atoms with van der Waals surface area (Å²) in [6.07, 6.45) is 3.84. The molecule has 0 radical (unpaired) electrons. The van der Waals surface area contributed by atoms with Gasteiger partial charge in [-0.3, -0.25) is 14.4 Å². The number of rotatable bonds is 22. The second kappa shape index (κ2) is 21.3. The smallest absolute Gasteiger partial charge is 0.407 e. The standard InChI is InChI=1S/C47H74N4O7S/c1-13-26-58-41(55)48-44(5,6)35-19-15-18-34(29-35)43(3,4)32-47(10,37-21-16-20-36(30-37)45(7,8)49-42(56)59-28-25-52)33-46(9,40(54)57-27-24-50(11)12)31-38(14-2)51-23-17-22-39(51)53/h15-16,18-21,29-30,38,52H,13-14,17,22-28,31-33H2,1-12H3,(H,48,55)(H,49,56). The van der Waals surface area contributed by atoms with E-state index >= 15 is 0 Å². The van der Waals surface area contributed by atoms with Crippen LogP contribution in [0.1, 0.15) is 136 Å². The number of amides is 3. The molecule has 1 heterocycles. The third kappa shape index (κ3) is 14.0. The Hall–Kier alpha value is -3.61. The number of aliphatic hydroxyl groups excluding tert-OH is 1. The molecule has 330 valence electrons. The van der Waals surface area contributed by atoms with Gasteiger partial charge in [-0.1, -0.05) is 94.9 Å². The van der Waals surface area contributed by atoms with Gasteiger partial charge in [-0.15, -0.1) is 0 Å². The fourth-order valence-electron chi connectivity index (χ4n) is 8.65. The van der Waals surface area contributed by atoms with Crippen LogP contribution in [0.15, 0.2) is 48.5 Å². The van der Waals surface area contributed by atoms with Crippen molar-refractivity contribution in [1.29, 1.82) is 0 Å². The lowest BCUT2D eigenvalue weighted by molar-refractivity contribution is -0.159. The highest BCUT2D eigenvalue weighted by atomic mass is 32.2. The first-order valence-corrected chi connectivity index (χ1v) is 22.4. The second-order valence-electron chi connectivity index (χ2n) is 18.9. The normalized spacial score (nSPS) is 16.3. The summed E-state index contributed by atoms with van der Waals surface area (Å²) in [5.41, 5.74) is 0.421. The summed E-state index contributed by atoms with van der Waals surface area (Å²) in [5.74, 6) is 0.161. The summed E-state index contributed by atoms with van der Waals surface area (Å²) < 4.78 is 11.5. The van der Waals surface area contributed by atoms with E-state index in [4.69, 9.17) is 9.47 Å². The Bertz CT molecular complexity index is 1730. The topological polar surface area (TPSA) is 138 Å². The quantitative estimate of drug-likeness (QED) is 0.0996. The minimum Gasteiger partial charge on any atom is -0.464 e. The molecule has 0 bridgehead atoms. The minimum atomic E-state index is -0.978. The van der Waals surface area contributed by atoms with Crippen LogP contribution in [0.25, 0.3) is 0 Å². The molecule has 11 nitrogen and oxygen atoms in total. The maximum absolute atomic E-state index is 14.6. The molecule has 0 aliphatic carbocycles. The van der Waals surface area contributed by atoms with Gasteiger partial charge in [0.2, 0.25) is 5.91 Å². The van der Waals surface area contributed by atoms with Crippen molar-refractivity contribution < 1.29 is 33.8 Å². The van der Waals surface area contributed by atoms with E-state index in [-0.39, 0.29) is 36.4 Å². The van der Waals surface area contributed by atoms with Crippen LogP contribution in [0.3, 0.4) is 0 Å². The van der Waals surface area contributed by atoms with E-state index in [1.807, 2.05) is 89.7 Å². The van der Waals surface area contributed by atoms with Crippen LogP contribution in [0.5, 0.6) is 0 Å². The highest BCUT2D eigenvalue weighted by Crippen LogP contribution is 2.49. The lowest BCUT2D eigenvalue weighted by Gasteiger charge is -2.45. The van der Waals surface area contributed by atoms with Gasteiger partial charge in [-0.25, -0.2) is 4.79 Å². The first-order valence-electron chi connectivity index (χ1n) is 21.4. The summed E-state index contributed by atoms with van der Waals surface area (Å²) in [6.45, 7) is 22.4. The van der Waals surface area contributed by atoms with Gasteiger partial charge in [0.05, 0.1) is 29.7 Å². The number of nitrogens with one attached hydrogen (secondary N) is 2. The Kier molecular flexibility index (Phi) is 17.9. The van der Waals surface area contributed by atoms with Crippen LogP contribution >= 0.6 is 11.8 Å². The van der Waals surface area contributed by atoms with Crippen LogP contribution in [0.4, 0.5) is 9.59 Å². The van der Waals surface area contributed by atoms with Crippen molar-refractivity contribution in [1.82, 2.24) is 20.4 Å². The number of thioether (sulfide) groups is 1. The first-order chi connectivity index (χ1) is 27.5. The van der Waals surface area contributed by atoms with Gasteiger partial charge in [0, 0.05) is 31.3 Å². The van der Waals surface area contributed by atoms with E-state index in [0.717, 1.165) is 53.3 Å². The largest absolute Gasteiger partial charge is 0.464 e. The monoisotopic (exact) mass is 839 g/mol. The van der Waals surface area contributed by atoms with E-state index in [1.54, 1.807) is 0 Å². The maximum Gasteiger partial charge on any atom is 0.407 e. The van der Waals surface area contributed by atoms with Gasteiger partial charge in [-0.2, -0.15) is 0 Å². The fraction of sp³-hybridized carbons (Fsp3) is 0.660. The molecule has 3 N–H and O–H groups in total. The average molecular weight is 839 g/mol. The second-order valence-corrected chi connectivity index (χ2v) is 20.0. The average Bonchev–Trinajstić information content (AvgIpc) is 3.59. The van der Waals surface area contributed by atoms with Crippen LogP contribution in [0, 0.1) is 5.41 Å². The van der Waals surface area contributed by atoms with Crippen LogP contribution in [0.2, 0.25) is 0 Å². The third-order valence-corrected chi connectivity index (χ3v) is 12.6. The molecular weight excluding hydrogens is 765 g/mol.